The van der Waals surface area contributed by atoms with Crippen LogP contribution in [-0.4, -0.2) is 17.7 Å². The number of rotatable bonds is 6. The van der Waals surface area contributed by atoms with Crippen molar-refractivity contribution in [3.8, 4) is 0 Å². The van der Waals surface area contributed by atoms with Gasteiger partial charge in [0, 0.05) is 5.69 Å². The molecule has 0 unspecified atom stereocenters. The average molecular weight is 439 g/mol. The third-order valence-corrected chi connectivity index (χ3v) is 5.07. The van der Waals surface area contributed by atoms with Crippen LogP contribution in [0.1, 0.15) is 40.0 Å². The van der Waals surface area contributed by atoms with Crippen molar-refractivity contribution < 1.29 is 9.53 Å². The number of carbonyl (C=O) groups excluding carboxylic acids is 1. The first-order valence-corrected chi connectivity index (χ1v) is 10.4. The second-order valence-corrected chi connectivity index (χ2v) is 7.58. The molecule has 154 valence electrons. The summed E-state index contributed by atoms with van der Waals surface area (Å²) in [5, 5.41) is 7.28. The molecule has 0 fully saturated rings. The Balaban J connectivity index is 1.77. The third kappa shape index (κ3) is 5.59. The minimum absolute atomic E-state index is 0.110. The standard InChI is InChI=1S/C24H23ClN2O2S/c1-3-29-23(28)20-14-13-19(15-21(20)25)26-24(30)27-22(17-7-5-4-6-8-17)18-11-9-16(2)10-12-18/h4-15,22H,3H2,1-2H3,(H2,26,27,30)/t22-/m0/s1. The lowest BCUT2D eigenvalue weighted by atomic mass is 9.98. The highest BCUT2D eigenvalue weighted by Gasteiger charge is 2.16. The van der Waals surface area contributed by atoms with E-state index in [0.29, 0.717) is 28.0 Å². The minimum atomic E-state index is -0.446. The van der Waals surface area contributed by atoms with Gasteiger partial charge in [0.15, 0.2) is 5.11 Å². The molecule has 0 aliphatic rings. The largest absolute Gasteiger partial charge is 0.462 e. The molecule has 0 amide bonds. The first-order valence-electron chi connectivity index (χ1n) is 9.63. The van der Waals surface area contributed by atoms with E-state index in [4.69, 9.17) is 28.6 Å². The number of carbonyl (C=O) groups is 1. The number of ether oxygens (including phenoxy) is 1. The third-order valence-electron chi connectivity index (χ3n) is 4.54. The van der Waals surface area contributed by atoms with Crippen LogP contribution < -0.4 is 10.6 Å². The summed E-state index contributed by atoms with van der Waals surface area (Å²) in [6, 6.07) is 23.4. The quantitative estimate of drug-likeness (QED) is 0.370. The van der Waals surface area contributed by atoms with E-state index in [9.17, 15) is 4.79 Å². The Hall–Kier alpha value is -2.89. The predicted octanol–water partition coefficient (Wildman–Crippen LogP) is 5.90. The summed E-state index contributed by atoms with van der Waals surface area (Å²) in [4.78, 5) is 11.9. The van der Waals surface area contributed by atoms with Gasteiger partial charge in [-0.05, 0) is 55.4 Å². The smallest absolute Gasteiger partial charge is 0.339 e. The van der Waals surface area contributed by atoms with Crippen molar-refractivity contribution in [2.24, 2.45) is 0 Å². The van der Waals surface area contributed by atoms with Crippen molar-refractivity contribution in [3.05, 3.63) is 100 Å². The molecule has 0 aliphatic carbocycles. The molecule has 0 heterocycles. The van der Waals surface area contributed by atoms with E-state index in [1.54, 1.807) is 25.1 Å². The summed E-state index contributed by atoms with van der Waals surface area (Å²) in [5.74, 6) is -0.446. The summed E-state index contributed by atoms with van der Waals surface area (Å²) >= 11 is 11.8. The molecular weight excluding hydrogens is 416 g/mol. The van der Waals surface area contributed by atoms with Gasteiger partial charge in [0.25, 0.3) is 0 Å². The zero-order chi connectivity index (χ0) is 21.5. The molecule has 3 rings (SSSR count). The molecule has 2 N–H and O–H groups in total. The Labute approximate surface area is 187 Å². The molecule has 30 heavy (non-hydrogen) atoms. The molecule has 3 aromatic carbocycles. The normalized spacial score (nSPS) is 11.4. The van der Waals surface area contributed by atoms with Crippen molar-refractivity contribution in [3.63, 3.8) is 0 Å². The predicted molar refractivity (Wildman–Crippen MR) is 126 cm³/mol. The fourth-order valence-electron chi connectivity index (χ4n) is 3.03. The number of thiocarbonyl (C=S) groups is 1. The number of anilines is 1. The molecule has 0 radical (unpaired) electrons. The molecule has 3 aromatic rings. The van der Waals surface area contributed by atoms with Gasteiger partial charge in [-0.25, -0.2) is 4.79 Å². The Morgan fingerprint density at radius 3 is 2.33 bits per heavy atom. The number of aryl methyl sites for hydroxylation is 1. The van der Waals surface area contributed by atoms with E-state index in [-0.39, 0.29) is 6.04 Å². The van der Waals surface area contributed by atoms with E-state index < -0.39 is 5.97 Å². The molecule has 4 nitrogen and oxygen atoms in total. The summed E-state index contributed by atoms with van der Waals surface area (Å²) in [6.07, 6.45) is 0. The highest BCUT2D eigenvalue weighted by Crippen LogP contribution is 2.24. The molecular formula is C24H23ClN2O2S. The van der Waals surface area contributed by atoms with Crippen LogP contribution in [0.25, 0.3) is 0 Å². The van der Waals surface area contributed by atoms with Crippen molar-refractivity contribution in [2.45, 2.75) is 19.9 Å². The van der Waals surface area contributed by atoms with Crippen LogP contribution >= 0.6 is 23.8 Å². The lowest BCUT2D eigenvalue weighted by Gasteiger charge is -2.22. The number of hydrogen-bond acceptors (Lipinski definition) is 3. The topological polar surface area (TPSA) is 50.4 Å². The van der Waals surface area contributed by atoms with Crippen LogP contribution in [0, 0.1) is 6.92 Å². The molecule has 0 aliphatic heterocycles. The molecule has 0 saturated carbocycles. The van der Waals surface area contributed by atoms with Gasteiger partial charge in [0.05, 0.1) is 23.2 Å². The van der Waals surface area contributed by atoms with Gasteiger partial charge in [0.1, 0.15) is 0 Å². The highest BCUT2D eigenvalue weighted by molar-refractivity contribution is 7.80. The van der Waals surface area contributed by atoms with Crippen LogP contribution in [0.15, 0.2) is 72.8 Å². The van der Waals surface area contributed by atoms with Gasteiger partial charge in [-0.15, -0.1) is 0 Å². The maximum Gasteiger partial charge on any atom is 0.339 e. The minimum Gasteiger partial charge on any atom is -0.462 e. The number of halogens is 1. The Morgan fingerprint density at radius 1 is 1.03 bits per heavy atom. The number of benzene rings is 3. The Bertz CT molecular complexity index is 1020. The van der Waals surface area contributed by atoms with Crippen molar-refractivity contribution >= 4 is 40.6 Å². The summed E-state index contributed by atoms with van der Waals surface area (Å²) in [6.45, 7) is 4.11. The molecule has 1 atom stereocenters. The lowest BCUT2D eigenvalue weighted by Crippen LogP contribution is -2.33. The first-order chi connectivity index (χ1) is 14.5. The van der Waals surface area contributed by atoms with E-state index >= 15 is 0 Å². The van der Waals surface area contributed by atoms with Crippen molar-refractivity contribution in [1.82, 2.24) is 5.32 Å². The number of nitrogens with one attached hydrogen (secondary N) is 2. The zero-order valence-corrected chi connectivity index (χ0v) is 18.4. The van der Waals surface area contributed by atoms with Crippen LogP contribution in [0.2, 0.25) is 5.02 Å². The second kappa shape index (κ2) is 10.2. The highest BCUT2D eigenvalue weighted by atomic mass is 35.5. The molecule has 0 aromatic heterocycles. The van der Waals surface area contributed by atoms with Gasteiger partial charge in [-0.1, -0.05) is 71.8 Å². The van der Waals surface area contributed by atoms with Crippen LogP contribution in [0.4, 0.5) is 5.69 Å². The second-order valence-electron chi connectivity index (χ2n) is 6.77. The fourth-order valence-corrected chi connectivity index (χ4v) is 3.52. The van der Waals surface area contributed by atoms with Gasteiger partial charge in [-0.2, -0.15) is 0 Å². The van der Waals surface area contributed by atoms with E-state index in [2.05, 4.69) is 54.0 Å². The summed E-state index contributed by atoms with van der Waals surface area (Å²) in [7, 11) is 0. The van der Waals surface area contributed by atoms with Crippen molar-refractivity contribution in [1.29, 1.82) is 0 Å². The SMILES string of the molecule is CCOC(=O)c1ccc(NC(=S)N[C@@H](c2ccccc2)c2ccc(C)cc2)cc1Cl. The average Bonchev–Trinajstić information content (AvgIpc) is 2.73. The molecule has 0 saturated heterocycles. The van der Waals surface area contributed by atoms with Crippen LogP contribution in [-0.2, 0) is 4.74 Å². The van der Waals surface area contributed by atoms with E-state index in [0.717, 1.165) is 11.1 Å². The number of hydrogen-bond donors (Lipinski definition) is 2. The molecule has 0 bridgehead atoms. The van der Waals surface area contributed by atoms with Gasteiger partial charge in [-0.3, -0.25) is 0 Å². The molecule has 6 heteroatoms. The van der Waals surface area contributed by atoms with Crippen molar-refractivity contribution in [2.75, 3.05) is 11.9 Å². The number of esters is 1. The van der Waals surface area contributed by atoms with Gasteiger partial charge >= 0.3 is 5.97 Å². The van der Waals surface area contributed by atoms with E-state index in [1.165, 1.54) is 5.56 Å². The van der Waals surface area contributed by atoms with E-state index in [1.807, 2.05) is 18.2 Å². The summed E-state index contributed by atoms with van der Waals surface area (Å²) < 4.78 is 5.01. The maximum absolute atomic E-state index is 11.9. The zero-order valence-electron chi connectivity index (χ0n) is 16.8. The Morgan fingerprint density at radius 2 is 1.70 bits per heavy atom. The fraction of sp³-hybridized carbons (Fsp3) is 0.167. The Kier molecular flexibility index (Phi) is 7.44. The van der Waals surface area contributed by atoms with Crippen LogP contribution in [0.3, 0.4) is 0 Å². The monoisotopic (exact) mass is 438 g/mol. The van der Waals surface area contributed by atoms with Gasteiger partial charge < -0.3 is 15.4 Å². The lowest BCUT2D eigenvalue weighted by molar-refractivity contribution is 0.0526. The maximum atomic E-state index is 11.9. The van der Waals surface area contributed by atoms with Gasteiger partial charge in [0.2, 0.25) is 0 Å². The first kappa shape index (κ1) is 21.8. The summed E-state index contributed by atoms with van der Waals surface area (Å²) in [5.41, 5.74) is 4.40. The van der Waals surface area contributed by atoms with Crippen LogP contribution in [0.5, 0.6) is 0 Å². The molecule has 0 spiro atoms.